The molecule has 106 valence electrons. The number of hydrogen-bond donors (Lipinski definition) is 1. The molecule has 0 saturated carbocycles. The Morgan fingerprint density at radius 1 is 1.38 bits per heavy atom. The Morgan fingerprint density at radius 2 is 2.24 bits per heavy atom. The van der Waals surface area contributed by atoms with Crippen molar-refractivity contribution in [3.63, 3.8) is 0 Å². The Hall–Kier alpha value is -2.76. The number of aromatic nitrogens is 1. The largest absolute Gasteiger partial charge is 0.478 e. The third kappa shape index (κ3) is 2.60. The van der Waals surface area contributed by atoms with Crippen LogP contribution in [0.3, 0.4) is 0 Å². The normalized spacial score (nSPS) is 17.2. The lowest BCUT2D eigenvalue weighted by molar-refractivity contribution is 0.0697. The summed E-state index contributed by atoms with van der Waals surface area (Å²) in [5.74, 6) is -0.948. The van der Waals surface area contributed by atoms with Gasteiger partial charge in [0.2, 0.25) is 0 Å². The molecule has 3 rings (SSSR count). The van der Waals surface area contributed by atoms with E-state index in [1.807, 2.05) is 19.1 Å². The van der Waals surface area contributed by atoms with Crippen LogP contribution < -0.4 is 5.01 Å². The minimum Gasteiger partial charge on any atom is -0.478 e. The zero-order valence-electron chi connectivity index (χ0n) is 11.5. The van der Waals surface area contributed by atoms with Crippen molar-refractivity contribution in [2.24, 2.45) is 10.3 Å². The summed E-state index contributed by atoms with van der Waals surface area (Å²) in [6.45, 7) is 2.50. The molecule has 0 radical (unpaired) electrons. The van der Waals surface area contributed by atoms with Crippen LogP contribution in [0.2, 0.25) is 0 Å². The highest BCUT2D eigenvalue weighted by Gasteiger charge is 2.23. The molecule has 1 unspecified atom stereocenters. The number of aromatic carboxylic acids is 1. The number of rotatable bonds is 3. The van der Waals surface area contributed by atoms with Gasteiger partial charge in [0.05, 0.1) is 17.8 Å². The van der Waals surface area contributed by atoms with Crippen molar-refractivity contribution in [3.05, 3.63) is 59.4 Å². The van der Waals surface area contributed by atoms with Crippen LogP contribution in [-0.2, 0) is 0 Å². The first-order valence-electron chi connectivity index (χ1n) is 6.57. The highest BCUT2D eigenvalue weighted by Crippen LogP contribution is 2.31. The highest BCUT2D eigenvalue weighted by molar-refractivity contribution is 5.89. The van der Waals surface area contributed by atoms with E-state index in [0.29, 0.717) is 6.54 Å². The number of carbonyl (C=O) groups is 1. The van der Waals surface area contributed by atoms with Gasteiger partial charge in [0.1, 0.15) is 6.04 Å². The predicted octanol–water partition coefficient (Wildman–Crippen LogP) is 3.02. The van der Waals surface area contributed by atoms with Crippen LogP contribution in [0.5, 0.6) is 0 Å². The number of pyridine rings is 1. The van der Waals surface area contributed by atoms with Crippen molar-refractivity contribution in [2.75, 3.05) is 11.6 Å². The molecule has 6 heteroatoms. The van der Waals surface area contributed by atoms with Gasteiger partial charge in [0.25, 0.3) is 0 Å². The van der Waals surface area contributed by atoms with Crippen LogP contribution in [-0.4, -0.2) is 22.6 Å². The number of carboxylic acids is 1. The van der Waals surface area contributed by atoms with E-state index in [1.165, 1.54) is 0 Å². The van der Waals surface area contributed by atoms with Gasteiger partial charge < -0.3 is 5.11 Å². The second-order valence-corrected chi connectivity index (χ2v) is 4.90. The highest BCUT2D eigenvalue weighted by atomic mass is 16.4. The van der Waals surface area contributed by atoms with Gasteiger partial charge in [0.15, 0.2) is 0 Å². The van der Waals surface area contributed by atoms with Gasteiger partial charge in [-0.3, -0.25) is 4.98 Å². The zero-order valence-corrected chi connectivity index (χ0v) is 11.5. The maximum absolute atomic E-state index is 11.1. The molecule has 0 fully saturated rings. The van der Waals surface area contributed by atoms with Crippen molar-refractivity contribution < 1.29 is 9.90 Å². The van der Waals surface area contributed by atoms with Gasteiger partial charge in [-0.15, -0.1) is 0 Å². The quantitative estimate of drug-likeness (QED) is 0.938. The Balaban J connectivity index is 1.86. The van der Waals surface area contributed by atoms with Gasteiger partial charge in [0, 0.05) is 12.4 Å². The summed E-state index contributed by atoms with van der Waals surface area (Å²) in [4.78, 5) is 15.2. The Bertz CT molecular complexity index is 700. The maximum Gasteiger partial charge on any atom is 0.335 e. The van der Waals surface area contributed by atoms with Crippen molar-refractivity contribution in [2.45, 2.75) is 13.0 Å². The lowest BCUT2D eigenvalue weighted by atomic mass is 10.1. The molecule has 1 aromatic heterocycles. The number of anilines is 1. The second-order valence-electron chi connectivity index (χ2n) is 4.90. The first-order chi connectivity index (χ1) is 10.1. The molecular weight excluding hydrogens is 268 g/mol. The van der Waals surface area contributed by atoms with E-state index in [0.717, 1.165) is 16.8 Å². The molecule has 2 heterocycles. The molecule has 0 spiro atoms. The van der Waals surface area contributed by atoms with Crippen LogP contribution in [0.25, 0.3) is 0 Å². The SMILES string of the molecule is Cc1ccc(C(=O)O)cc1N1CC(c2cccnc2)N=N1. The van der Waals surface area contributed by atoms with Gasteiger partial charge in [-0.25, -0.2) is 9.80 Å². The average Bonchev–Trinajstić information content (AvgIpc) is 2.98. The van der Waals surface area contributed by atoms with Crippen LogP contribution in [0.15, 0.2) is 53.1 Å². The molecule has 1 aliphatic rings. The summed E-state index contributed by atoms with van der Waals surface area (Å²) in [6, 6.07) is 8.75. The zero-order chi connectivity index (χ0) is 14.8. The molecule has 2 aromatic rings. The van der Waals surface area contributed by atoms with Crippen LogP contribution in [0.1, 0.15) is 27.5 Å². The van der Waals surface area contributed by atoms with E-state index < -0.39 is 5.97 Å². The lowest BCUT2D eigenvalue weighted by Gasteiger charge is -2.16. The van der Waals surface area contributed by atoms with E-state index >= 15 is 0 Å². The number of aryl methyl sites for hydroxylation is 1. The third-order valence-electron chi connectivity index (χ3n) is 3.45. The molecule has 0 bridgehead atoms. The maximum atomic E-state index is 11.1. The summed E-state index contributed by atoms with van der Waals surface area (Å²) in [6.07, 6.45) is 3.49. The predicted molar refractivity (Wildman–Crippen MR) is 77.3 cm³/mol. The Labute approximate surface area is 121 Å². The summed E-state index contributed by atoms with van der Waals surface area (Å²) >= 11 is 0. The van der Waals surface area contributed by atoms with Gasteiger partial charge >= 0.3 is 5.97 Å². The first kappa shape index (κ1) is 13.2. The summed E-state index contributed by atoms with van der Waals surface area (Å²) in [7, 11) is 0. The van der Waals surface area contributed by atoms with Crippen LogP contribution in [0, 0.1) is 6.92 Å². The van der Waals surface area contributed by atoms with E-state index in [9.17, 15) is 4.79 Å². The van der Waals surface area contributed by atoms with Crippen molar-refractivity contribution in [1.82, 2.24) is 4.98 Å². The third-order valence-corrected chi connectivity index (χ3v) is 3.45. The van der Waals surface area contributed by atoms with E-state index in [4.69, 9.17) is 5.11 Å². The molecule has 0 aliphatic carbocycles. The van der Waals surface area contributed by atoms with Crippen molar-refractivity contribution >= 4 is 11.7 Å². The fraction of sp³-hybridized carbons (Fsp3) is 0.200. The smallest absolute Gasteiger partial charge is 0.335 e. The summed E-state index contributed by atoms with van der Waals surface area (Å²) in [5, 5.41) is 19.2. The molecule has 1 aliphatic heterocycles. The van der Waals surface area contributed by atoms with E-state index in [-0.39, 0.29) is 11.6 Å². The summed E-state index contributed by atoms with van der Waals surface area (Å²) < 4.78 is 0. The van der Waals surface area contributed by atoms with E-state index in [1.54, 1.807) is 35.6 Å². The Morgan fingerprint density at radius 3 is 2.95 bits per heavy atom. The molecule has 1 N–H and O–H groups in total. The Kier molecular flexibility index (Phi) is 3.35. The molecule has 0 amide bonds. The lowest BCUT2D eigenvalue weighted by Crippen LogP contribution is -2.17. The number of benzene rings is 1. The summed E-state index contributed by atoms with van der Waals surface area (Å²) in [5.41, 5.74) is 2.97. The van der Waals surface area contributed by atoms with Crippen molar-refractivity contribution in [1.29, 1.82) is 0 Å². The van der Waals surface area contributed by atoms with E-state index in [2.05, 4.69) is 15.3 Å². The van der Waals surface area contributed by atoms with Gasteiger partial charge in [-0.1, -0.05) is 17.4 Å². The van der Waals surface area contributed by atoms with Gasteiger partial charge in [-0.05, 0) is 36.2 Å². The number of carboxylic acid groups (broad SMARTS) is 1. The minimum atomic E-state index is -0.948. The van der Waals surface area contributed by atoms with Crippen LogP contribution >= 0.6 is 0 Å². The number of hydrogen-bond acceptors (Lipinski definition) is 5. The monoisotopic (exact) mass is 282 g/mol. The van der Waals surface area contributed by atoms with Crippen LogP contribution in [0.4, 0.5) is 5.69 Å². The van der Waals surface area contributed by atoms with Gasteiger partial charge in [-0.2, -0.15) is 5.11 Å². The molecule has 0 saturated heterocycles. The topological polar surface area (TPSA) is 78.1 Å². The molecule has 21 heavy (non-hydrogen) atoms. The second kappa shape index (κ2) is 5.32. The molecular formula is C15H14N4O2. The van der Waals surface area contributed by atoms with Crippen molar-refractivity contribution in [3.8, 4) is 0 Å². The molecule has 1 atom stereocenters. The fourth-order valence-corrected chi connectivity index (χ4v) is 2.27. The fourth-order valence-electron chi connectivity index (χ4n) is 2.27. The molecule has 1 aromatic carbocycles. The number of nitrogens with zero attached hydrogens (tertiary/aromatic N) is 4. The average molecular weight is 282 g/mol. The standard InChI is InChI=1S/C15H14N4O2/c1-10-4-5-11(15(20)21)7-14(10)19-9-13(17-18-19)12-3-2-6-16-8-12/h2-8,13H,9H2,1H3,(H,20,21). The molecule has 6 nitrogen and oxygen atoms in total. The minimum absolute atomic E-state index is 0.0772. The first-order valence-corrected chi connectivity index (χ1v) is 6.57.